The minimum atomic E-state index is -0.289. The Morgan fingerprint density at radius 2 is 1.68 bits per heavy atom. The van der Waals surface area contributed by atoms with Gasteiger partial charge in [-0.05, 0) is 24.6 Å². The molecule has 0 aliphatic rings. The summed E-state index contributed by atoms with van der Waals surface area (Å²) in [5.41, 5.74) is 0.754. The number of fused-ring (bicyclic) bond motifs is 2. The lowest BCUT2D eigenvalue weighted by atomic mass is 10.1. The maximum Gasteiger partial charge on any atom is 0.256 e. The minimum absolute atomic E-state index is 0.224. The van der Waals surface area contributed by atoms with Crippen molar-refractivity contribution in [3.63, 3.8) is 0 Å². The van der Waals surface area contributed by atoms with E-state index >= 15 is 0 Å². The molecule has 0 radical (unpaired) electrons. The molecule has 3 rings (SSSR count). The van der Waals surface area contributed by atoms with Gasteiger partial charge in [-0.2, -0.15) is 0 Å². The second-order valence-corrected chi connectivity index (χ2v) is 4.83. The van der Waals surface area contributed by atoms with Gasteiger partial charge in [0.1, 0.15) is 0 Å². The summed E-state index contributed by atoms with van der Waals surface area (Å²) in [5, 5.41) is 1.50. The second kappa shape index (κ2) is 4.21. The number of aromatic nitrogens is 1. The molecule has 0 atom stereocenters. The smallest absolute Gasteiger partial charge is 0.256 e. The van der Waals surface area contributed by atoms with Crippen LogP contribution in [0.5, 0.6) is 0 Å². The number of aryl methyl sites for hydroxylation is 1. The molecule has 0 saturated carbocycles. The molecular formula is C15H10ClNO2. The molecule has 3 nitrogen and oxygen atoms in total. The van der Waals surface area contributed by atoms with E-state index in [9.17, 15) is 9.59 Å². The van der Waals surface area contributed by atoms with Gasteiger partial charge in [0, 0.05) is 5.39 Å². The molecule has 19 heavy (non-hydrogen) atoms. The van der Waals surface area contributed by atoms with Crippen molar-refractivity contribution in [2.45, 2.75) is 6.92 Å². The Hall–Kier alpha value is -2.13. The van der Waals surface area contributed by atoms with Crippen molar-refractivity contribution in [2.24, 2.45) is 0 Å². The molecular weight excluding hydrogens is 262 g/mol. The summed E-state index contributed by atoms with van der Waals surface area (Å²) in [5.74, 6) is 0. The summed E-state index contributed by atoms with van der Waals surface area (Å²) >= 11 is 6.22. The van der Waals surface area contributed by atoms with Gasteiger partial charge in [-0.15, -0.1) is 0 Å². The van der Waals surface area contributed by atoms with Gasteiger partial charge in [0.2, 0.25) is 0 Å². The van der Waals surface area contributed by atoms with Gasteiger partial charge in [0.05, 0.1) is 21.3 Å². The van der Waals surface area contributed by atoms with Gasteiger partial charge >= 0.3 is 0 Å². The third-order valence-electron chi connectivity index (χ3n) is 3.23. The van der Waals surface area contributed by atoms with Gasteiger partial charge in [0.15, 0.2) is 5.43 Å². The summed E-state index contributed by atoms with van der Waals surface area (Å²) in [4.78, 5) is 27.4. The number of nitrogens with one attached hydrogen (secondary N) is 1. The first kappa shape index (κ1) is 11.9. The van der Waals surface area contributed by atoms with E-state index < -0.39 is 0 Å². The first-order chi connectivity index (χ1) is 9.09. The van der Waals surface area contributed by atoms with Crippen LogP contribution in [0.2, 0.25) is 5.02 Å². The molecule has 0 unspecified atom stereocenters. The van der Waals surface area contributed by atoms with E-state index in [1.54, 1.807) is 36.4 Å². The molecule has 0 aliphatic heterocycles. The minimum Gasteiger partial charge on any atom is -0.321 e. The van der Waals surface area contributed by atoms with Crippen molar-refractivity contribution >= 4 is 33.3 Å². The van der Waals surface area contributed by atoms with Crippen LogP contribution in [0.15, 0.2) is 46.0 Å². The standard InChI is InChI=1S/C15H10ClNO2/c1-8-6-7-11-12(13(8)16)14(18)9-4-2-3-5-10(9)15(19)17-11/h2-7H,1H3,(H,17,19). The molecule has 0 fully saturated rings. The van der Waals surface area contributed by atoms with Crippen LogP contribution >= 0.6 is 11.6 Å². The number of halogens is 1. The molecule has 0 saturated heterocycles. The van der Waals surface area contributed by atoms with Gasteiger partial charge in [-0.1, -0.05) is 35.9 Å². The third-order valence-corrected chi connectivity index (χ3v) is 3.71. The van der Waals surface area contributed by atoms with Crippen LogP contribution in [-0.4, -0.2) is 4.98 Å². The fraction of sp³-hybridized carbons (Fsp3) is 0.0667. The van der Waals surface area contributed by atoms with Gasteiger partial charge in [0.25, 0.3) is 5.56 Å². The van der Waals surface area contributed by atoms with E-state index in [2.05, 4.69) is 4.98 Å². The Balaban J connectivity index is 2.79. The van der Waals surface area contributed by atoms with Crippen molar-refractivity contribution < 1.29 is 0 Å². The summed E-state index contributed by atoms with van der Waals surface area (Å²) in [6.07, 6.45) is 0. The normalized spacial score (nSPS) is 11.1. The van der Waals surface area contributed by atoms with Gasteiger partial charge in [-0.3, -0.25) is 9.59 Å². The van der Waals surface area contributed by atoms with E-state index in [1.165, 1.54) is 0 Å². The Bertz CT molecular complexity index is 929. The molecule has 3 aromatic rings. The lowest BCUT2D eigenvalue weighted by Crippen LogP contribution is -2.02. The monoisotopic (exact) mass is 271 g/mol. The topological polar surface area (TPSA) is 49.9 Å². The molecule has 0 bridgehead atoms. The molecule has 1 N–H and O–H groups in total. The van der Waals surface area contributed by atoms with E-state index in [-0.39, 0.29) is 11.0 Å². The number of rotatable bonds is 0. The molecule has 1 aromatic heterocycles. The number of aromatic amines is 1. The lowest BCUT2D eigenvalue weighted by molar-refractivity contribution is 1.35. The highest BCUT2D eigenvalue weighted by atomic mass is 35.5. The molecule has 4 heteroatoms. The van der Waals surface area contributed by atoms with Crippen molar-refractivity contribution in [1.82, 2.24) is 4.98 Å². The first-order valence-corrected chi connectivity index (χ1v) is 6.21. The summed E-state index contributed by atoms with van der Waals surface area (Å²) in [6.45, 7) is 1.83. The highest BCUT2D eigenvalue weighted by molar-refractivity contribution is 6.36. The van der Waals surface area contributed by atoms with Crippen LogP contribution in [0.1, 0.15) is 5.56 Å². The van der Waals surface area contributed by atoms with Crippen LogP contribution in [-0.2, 0) is 0 Å². The van der Waals surface area contributed by atoms with Crippen LogP contribution in [0.4, 0.5) is 0 Å². The summed E-state index contributed by atoms with van der Waals surface area (Å²) < 4.78 is 0. The molecule has 0 aliphatic carbocycles. The Kier molecular flexibility index (Phi) is 2.64. The predicted molar refractivity (Wildman–Crippen MR) is 78.1 cm³/mol. The quantitative estimate of drug-likeness (QED) is 0.683. The SMILES string of the molecule is Cc1ccc2[nH]c(=O)c3ccccc3c(=O)c2c1Cl. The first-order valence-electron chi connectivity index (χ1n) is 5.84. The zero-order valence-electron chi connectivity index (χ0n) is 10.2. The van der Waals surface area contributed by atoms with Crippen molar-refractivity contribution in [2.75, 3.05) is 0 Å². The Morgan fingerprint density at radius 1 is 1.00 bits per heavy atom. The number of hydrogen-bond acceptors (Lipinski definition) is 2. The fourth-order valence-electron chi connectivity index (χ4n) is 2.21. The maximum absolute atomic E-state index is 12.6. The largest absolute Gasteiger partial charge is 0.321 e. The van der Waals surface area contributed by atoms with Crippen molar-refractivity contribution in [3.05, 3.63) is 67.6 Å². The highest BCUT2D eigenvalue weighted by Gasteiger charge is 2.10. The maximum atomic E-state index is 12.6. The average molecular weight is 272 g/mol. The Morgan fingerprint density at radius 3 is 2.42 bits per heavy atom. The molecule has 2 aromatic carbocycles. The second-order valence-electron chi connectivity index (χ2n) is 4.45. The van der Waals surface area contributed by atoms with E-state index in [0.29, 0.717) is 26.7 Å². The molecule has 0 amide bonds. The van der Waals surface area contributed by atoms with Crippen molar-refractivity contribution in [1.29, 1.82) is 0 Å². The Labute approximate surface area is 113 Å². The number of benzene rings is 2. The van der Waals surface area contributed by atoms with E-state index in [1.807, 2.05) is 6.92 Å². The highest BCUT2D eigenvalue weighted by Crippen LogP contribution is 2.23. The van der Waals surface area contributed by atoms with Gasteiger partial charge in [-0.25, -0.2) is 0 Å². The summed E-state index contributed by atoms with van der Waals surface area (Å²) in [6, 6.07) is 10.2. The number of hydrogen-bond donors (Lipinski definition) is 1. The number of H-pyrrole nitrogens is 1. The summed E-state index contributed by atoms with van der Waals surface area (Å²) in [7, 11) is 0. The lowest BCUT2D eigenvalue weighted by Gasteiger charge is -1.99. The molecule has 1 heterocycles. The van der Waals surface area contributed by atoms with Crippen molar-refractivity contribution in [3.8, 4) is 0 Å². The molecule has 94 valence electrons. The van der Waals surface area contributed by atoms with E-state index in [4.69, 9.17) is 11.6 Å². The zero-order valence-corrected chi connectivity index (χ0v) is 10.9. The average Bonchev–Trinajstić information content (AvgIpc) is 2.52. The van der Waals surface area contributed by atoms with Crippen LogP contribution in [0.3, 0.4) is 0 Å². The zero-order chi connectivity index (χ0) is 13.6. The molecule has 0 spiro atoms. The predicted octanol–water partition coefficient (Wildman–Crippen LogP) is 3.00. The van der Waals surface area contributed by atoms with Gasteiger partial charge < -0.3 is 4.98 Å². The van der Waals surface area contributed by atoms with Crippen LogP contribution in [0, 0.1) is 6.92 Å². The van der Waals surface area contributed by atoms with Crippen LogP contribution < -0.4 is 11.0 Å². The third kappa shape index (κ3) is 1.74. The van der Waals surface area contributed by atoms with Crippen LogP contribution in [0.25, 0.3) is 21.7 Å². The fourth-order valence-corrected chi connectivity index (χ4v) is 2.46. The van der Waals surface area contributed by atoms with E-state index in [0.717, 1.165) is 5.56 Å².